The van der Waals surface area contributed by atoms with Crippen LogP contribution in [0.4, 0.5) is 0 Å². The molecule has 0 bridgehead atoms. The molecule has 0 unspecified atom stereocenters. The van der Waals surface area contributed by atoms with E-state index in [9.17, 15) is 0 Å². The summed E-state index contributed by atoms with van der Waals surface area (Å²) in [6.07, 6.45) is 0. The summed E-state index contributed by atoms with van der Waals surface area (Å²) in [6.45, 7) is 0. The van der Waals surface area contributed by atoms with E-state index < -0.39 is 0 Å². The Labute approximate surface area is 68.7 Å². The van der Waals surface area contributed by atoms with Gasteiger partial charge in [0.2, 0.25) is 0 Å². The summed E-state index contributed by atoms with van der Waals surface area (Å²) in [7, 11) is 0. The summed E-state index contributed by atoms with van der Waals surface area (Å²) in [5.74, 6) is 0. The molecule has 4 heteroatoms. The van der Waals surface area contributed by atoms with Crippen molar-refractivity contribution in [1.82, 2.24) is 0 Å². The van der Waals surface area contributed by atoms with Crippen LogP contribution < -0.4 is 0 Å². The Hall–Kier alpha value is 1.92. The Balaban J connectivity index is -0.00000000500. The van der Waals surface area contributed by atoms with E-state index in [1.807, 2.05) is 0 Å². The van der Waals surface area contributed by atoms with Gasteiger partial charge in [-0.3, -0.25) is 10.5 Å². The first kappa shape index (κ1) is 16.8. The Morgan fingerprint density at radius 3 is 0.750 bits per heavy atom. The van der Waals surface area contributed by atoms with E-state index in [-0.39, 0.29) is 59.1 Å². The maximum Gasteiger partial charge on any atom is 0 e. The van der Waals surface area contributed by atoms with E-state index in [1.165, 1.54) is 0 Å². The smallest absolute Gasteiger partial charge is 0 e. The second-order valence-corrected chi connectivity index (χ2v) is 0. The van der Waals surface area contributed by atoms with Gasteiger partial charge in [0.25, 0.3) is 0 Å². The Morgan fingerprint density at radius 1 is 0.750 bits per heavy atom. The van der Waals surface area contributed by atoms with Crippen LogP contribution in [0.25, 0.3) is 0 Å². The standard InChI is InChI=1S/2Na.H2O2/c;;1-2/h;;1-2H. The van der Waals surface area contributed by atoms with Crippen molar-refractivity contribution in [2.24, 2.45) is 0 Å². The van der Waals surface area contributed by atoms with Crippen molar-refractivity contribution in [3.8, 4) is 0 Å². The van der Waals surface area contributed by atoms with Crippen molar-refractivity contribution in [3.63, 3.8) is 0 Å². The largest absolute Gasteiger partial charge is 0.255 e. The molecule has 0 aromatic heterocycles. The molecule has 0 atom stereocenters. The fraction of sp³-hybridized carbons (Fsp3) is 0. The molecule has 0 aromatic rings. The zero-order chi connectivity index (χ0) is 2.00. The SMILES string of the molecule is OO.[Na].[Na]. The van der Waals surface area contributed by atoms with E-state index >= 15 is 0 Å². The number of rotatable bonds is 0. The quantitative estimate of drug-likeness (QED) is 0.228. The van der Waals surface area contributed by atoms with E-state index in [4.69, 9.17) is 10.5 Å². The number of hydrogen-bond acceptors (Lipinski definition) is 2. The third-order valence-corrected chi connectivity index (χ3v) is 0. The molecule has 0 aromatic carbocycles. The zero-order valence-electron chi connectivity index (χ0n) is 2.89. The topological polar surface area (TPSA) is 40.5 Å². The summed E-state index contributed by atoms with van der Waals surface area (Å²) in [5, 5.41) is 12.0. The van der Waals surface area contributed by atoms with Crippen LogP contribution >= 0.6 is 0 Å². The monoisotopic (exact) mass is 80.0 g/mol. The Bertz CT molecular complexity index is 4.00. The molecule has 0 aliphatic carbocycles. The second kappa shape index (κ2) is 20.5. The first-order valence-corrected chi connectivity index (χ1v) is 0.200. The molecule has 0 saturated carbocycles. The van der Waals surface area contributed by atoms with Gasteiger partial charge in [-0.1, -0.05) is 0 Å². The second-order valence-electron chi connectivity index (χ2n) is 0. The van der Waals surface area contributed by atoms with Gasteiger partial charge in [0.15, 0.2) is 0 Å². The average molecular weight is 80.0 g/mol. The van der Waals surface area contributed by atoms with Gasteiger partial charge < -0.3 is 0 Å². The minimum atomic E-state index is 0. The molecule has 0 aliphatic heterocycles. The minimum Gasteiger partial charge on any atom is -0.255 e. The normalized spacial score (nSPS) is 1.50. The minimum absolute atomic E-state index is 0. The van der Waals surface area contributed by atoms with Crippen LogP contribution in [0.1, 0.15) is 0 Å². The van der Waals surface area contributed by atoms with E-state index in [2.05, 4.69) is 0 Å². The summed E-state index contributed by atoms with van der Waals surface area (Å²) < 4.78 is 0. The van der Waals surface area contributed by atoms with Crippen molar-refractivity contribution in [3.05, 3.63) is 0 Å². The van der Waals surface area contributed by atoms with Gasteiger partial charge in [0.05, 0.1) is 0 Å². The van der Waals surface area contributed by atoms with Crippen molar-refractivity contribution >= 4 is 59.1 Å². The Morgan fingerprint density at radius 2 is 0.750 bits per heavy atom. The van der Waals surface area contributed by atoms with Crippen LogP contribution in [0.5, 0.6) is 0 Å². The van der Waals surface area contributed by atoms with Crippen LogP contribution in [-0.2, 0) is 0 Å². The van der Waals surface area contributed by atoms with Gasteiger partial charge in [0.1, 0.15) is 0 Å². The predicted octanol–water partition coefficient (Wildman–Crippen LogP) is -0.744. The van der Waals surface area contributed by atoms with Gasteiger partial charge in [-0.25, -0.2) is 0 Å². The van der Waals surface area contributed by atoms with Gasteiger partial charge >= 0.3 is 0 Å². The van der Waals surface area contributed by atoms with E-state index in [0.29, 0.717) is 0 Å². The third kappa shape index (κ3) is 9.07. The van der Waals surface area contributed by atoms with Gasteiger partial charge in [-0.05, 0) is 0 Å². The van der Waals surface area contributed by atoms with Crippen molar-refractivity contribution in [1.29, 1.82) is 0 Å². The molecule has 0 saturated heterocycles. The molecule has 0 amide bonds. The molecule has 0 aliphatic rings. The molecule has 0 rings (SSSR count). The first-order valence-electron chi connectivity index (χ1n) is 0.200. The summed E-state index contributed by atoms with van der Waals surface area (Å²) in [5.41, 5.74) is 0. The fourth-order valence-electron chi connectivity index (χ4n) is 0. The molecular formula is H2Na2O2. The summed E-state index contributed by atoms with van der Waals surface area (Å²) >= 11 is 0. The first-order chi connectivity index (χ1) is 1.00. The maximum atomic E-state index is 6.00. The molecule has 4 heavy (non-hydrogen) atoms. The molecule has 0 fully saturated rings. The van der Waals surface area contributed by atoms with E-state index in [1.54, 1.807) is 0 Å². The molecule has 16 valence electrons. The van der Waals surface area contributed by atoms with Crippen LogP contribution in [-0.4, -0.2) is 69.6 Å². The van der Waals surface area contributed by atoms with Gasteiger partial charge in [-0.2, -0.15) is 0 Å². The van der Waals surface area contributed by atoms with Crippen molar-refractivity contribution in [2.45, 2.75) is 0 Å². The molecule has 0 heterocycles. The van der Waals surface area contributed by atoms with Crippen LogP contribution in [0, 0.1) is 0 Å². The zero-order valence-corrected chi connectivity index (χ0v) is 6.89. The van der Waals surface area contributed by atoms with Crippen LogP contribution in [0.2, 0.25) is 0 Å². The van der Waals surface area contributed by atoms with E-state index in [0.717, 1.165) is 0 Å². The number of hydrogen-bond donors (Lipinski definition) is 2. The fourth-order valence-corrected chi connectivity index (χ4v) is 0. The Kier molecular flexibility index (Phi) is 86.2. The third-order valence-electron chi connectivity index (χ3n) is 0. The average Bonchev–Trinajstić information content (AvgIpc) is 1.00. The van der Waals surface area contributed by atoms with Gasteiger partial charge in [-0.15, -0.1) is 0 Å². The van der Waals surface area contributed by atoms with Crippen LogP contribution in [0.3, 0.4) is 0 Å². The van der Waals surface area contributed by atoms with Crippen molar-refractivity contribution in [2.75, 3.05) is 0 Å². The molecule has 2 nitrogen and oxygen atoms in total. The van der Waals surface area contributed by atoms with Crippen LogP contribution in [0.15, 0.2) is 0 Å². The molecule has 0 spiro atoms. The molecule has 2 N–H and O–H groups in total. The summed E-state index contributed by atoms with van der Waals surface area (Å²) in [4.78, 5) is 0. The molecular weight excluding hydrogens is 78.0 g/mol. The molecule has 2 radical (unpaired) electrons. The predicted molar refractivity (Wildman–Crippen MR) is 16.8 cm³/mol. The van der Waals surface area contributed by atoms with Gasteiger partial charge in [0, 0.05) is 59.1 Å². The summed E-state index contributed by atoms with van der Waals surface area (Å²) in [6, 6.07) is 0. The van der Waals surface area contributed by atoms with Crippen molar-refractivity contribution < 1.29 is 10.5 Å². The maximum absolute atomic E-state index is 6.00.